The topological polar surface area (TPSA) is 101 Å². The lowest BCUT2D eigenvalue weighted by Crippen LogP contribution is -2.14. The van der Waals surface area contributed by atoms with Gasteiger partial charge in [-0.25, -0.2) is 4.98 Å². The fourth-order valence-corrected chi connectivity index (χ4v) is 0.898. The fraction of sp³-hybridized carbons (Fsp3) is 0.250. The largest absolute Gasteiger partial charge is 0.397 e. The van der Waals surface area contributed by atoms with Crippen LogP contribution >= 0.6 is 0 Å². The molecule has 0 amide bonds. The Balaban J connectivity index is 2.88. The summed E-state index contributed by atoms with van der Waals surface area (Å²) in [5.74, 6) is 0.530. The van der Waals surface area contributed by atoms with Crippen molar-refractivity contribution in [2.45, 2.75) is 0 Å². The molecule has 0 saturated carbocycles. The Hall–Kier alpha value is -1.80. The molecule has 5 heteroatoms. The summed E-state index contributed by atoms with van der Waals surface area (Å²) in [6.45, 7) is 1.09. The van der Waals surface area contributed by atoms with Crippen molar-refractivity contribution in [1.29, 1.82) is 5.26 Å². The zero-order valence-corrected chi connectivity index (χ0v) is 7.12. The van der Waals surface area contributed by atoms with Crippen LogP contribution in [0, 0.1) is 11.3 Å². The van der Waals surface area contributed by atoms with Crippen LogP contribution in [0.1, 0.15) is 5.56 Å². The van der Waals surface area contributed by atoms with Crippen molar-refractivity contribution in [3.05, 3.63) is 17.8 Å². The van der Waals surface area contributed by atoms with E-state index in [-0.39, 0.29) is 0 Å². The number of hydrogen-bond donors (Lipinski definition) is 3. The van der Waals surface area contributed by atoms with E-state index in [4.69, 9.17) is 16.7 Å². The Morgan fingerprint density at radius 1 is 1.62 bits per heavy atom. The lowest BCUT2D eigenvalue weighted by molar-refractivity contribution is 1.01. The number of nitrogens with one attached hydrogen (secondary N) is 1. The highest BCUT2D eigenvalue weighted by atomic mass is 15.0. The van der Waals surface area contributed by atoms with Gasteiger partial charge in [0.25, 0.3) is 0 Å². The molecule has 1 aromatic rings. The molecule has 0 aliphatic carbocycles. The molecule has 1 heterocycles. The van der Waals surface area contributed by atoms with E-state index in [2.05, 4.69) is 10.3 Å². The molecule has 0 bridgehead atoms. The highest BCUT2D eigenvalue weighted by Gasteiger charge is 2.01. The molecule has 0 radical (unpaired) electrons. The summed E-state index contributed by atoms with van der Waals surface area (Å²) in [6.07, 6.45) is 1.50. The van der Waals surface area contributed by atoms with Crippen molar-refractivity contribution in [2.75, 3.05) is 24.1 Å². The first-order chi connectivity index (χ1) is 6.27. The van der Waals surface area contributed by atoms with Crippen LogP contribution in [0.2, 0.25) is 0 Å². The molecule has 68 valence electrons. The standard InChI is InChI=1S/C8H11N5/c9-1-2-12-8-6(4-10)3-7(11)5-13-8/h3,5H,1-2,9,11H2,(H,12,13). The van der Waals surface area contributed by atoms with E-state index in [1.165, 1.54) is 6.20 Å². The Morgan fingerprint density at radius 2 is 2.38 bits per heavy atom. The van der Waals surface area contributed by atoms with Gasteiger partial charge in [-0.2, -0.15) is 5.26 Å². The number of nitrogens with two attached hydrogens (primary N) is 2. The van der Waals surface area contributed by atoms with Crippen LogP contribution in [-0.4, -0.2) is 18.1 Å². The molecular formula is C8H11N5. The molecule has 0 saturated heterocycles. The Morgan fingerprint density at radius 3 is 3.00 bits per heavy atom. The van der Waals surface area contributed by atoms with Gasteiger partial charge >= 0.3 is 0 Å². The van der Waals surface area contributed by atoms with Gasteiger partial charge in [0.15, 0.2) is 0 Å². The average Bonchev–Trinajstić information content (AvgIpc) is 2.16. The third kappa shape index (κ3) is 2.32. The monoisotopic (exact) mass is 177 g/mol. The number of nitrogens with zero attached hydrogens (tertiary/aromatic N) is 2. The van der Waals surface area contributed by atoms with Crippen LogP contribution in [-0.2, 0) is 0 Å². The first-order valence-corrected chi connectivity index (χ1v) is 3.87. The Kier molecular flexibility index (Phi) is 3.06. The fourth-order valence-electron chi connectivity index (χ4n) is 0.898. The van der Waals surface area contributed by atoms with E-state index in [0.717, 1.165) is 0 Å². The van der Waals surface area contributed by atoms with Crippen LogP contribution < -0.4 is 16.8 Å². The molecule has 5 N–H and O–H groups in total. The van der Waals surface area contributed by atoms with Crippen LogP contribution in [0.3, 0.4) is 0 Å². The lowest BCUT2D eigenvalue weighted by Gasteiger charge is -2.05. The van der Waals surface area contributed by atoms with Gasteiger partial charge < -0.3 is 16.8 Å². The molecular weight excluding hydrogens is 166 g/mol. The second kappa shape index (κ2) is 4.28. The second-order valence-electron chi connectivity index (χ2n) is 2.49. The van der Waals surface area contributed by atoms with E-state index in [9.17, 15) is 0 Å². The van der Waals surface area contributed by atoms with Crippen LogP contribution in [0.4, 0.5) is 11.5 Å². The quantitative estimate of drug-likeness (QED) is 0.598. The van der Waals surface area contributed by atoms with Crippen molar-refractivity contribution in [3.8, 4) is 6.07 Å². The summed E-state index contributed by atoms with van der Waals surface area (Å²) in [5, 5.41) is 11.7. The van der Waals surface area contributed by atoms with Crippen molar-refractivity contribution in [1.82, 2.24) is 4.98 Å². The molecule has 0 unspecified atom stereocenters. The number of nitriles is 1. The van der Waals surface area contributed by atoms with Gasteiger partial charge in [0.1, 0.15) is 11.9 Å². The molecule has 0 aromatic carbocycles. The predicted octanol–water partition coefficient (Wildman–Crippen LogP) is -0.0939. The first kappa shape index (κ1) is 9.29. The third-order valence-electron chi connectivity index (χ3n) is 1.47. The smallest absolute Gasteiger partial charge is 0.144 e. The van der Waals surface area contributed by atoms with Gasteiger partial charge in [-0.05, 0) is 6.07 Å². The van der Waals surface area contributed by atoms with E-state index >= 15 is 0 Å². The summed E-state index contributed by atoms with van der Waals surface area (Å²) in [7, 11) is 0. The van der Waals surface area contributed by atoms with Gasteiger partial charge in [-0.1, -0.05) is 0 Å². The number of hydrogen-bond acceptors (Lipinski definition) is 5. The second-order valence-corrected chi connectivity index (χ2v) is 2.49. The molecule has 1 rings (SSSR count). The van der Waals surface area contributed by atoms with Crippen LogP contribution in [0.5, 0.6) is 0 Å². The van der Waals surface area contributed by atoms with Gasteiger partial charge in [-0.3, -0.25) is 0 Å². The molecule has 0 aliphatic heterocycles. The van der Waals surface area contributed by atoms with Crippen molar-refractivity contribution < 1.29 is 0 Å². The maximum atomic E-state index is 8.73. The normalized spacial score (nSPS) is 9.23. The molecule has 0 atom stereocenters. The minimum absolute atomic E-state index is 0.438. The van der Waals surface area contributed by atoms with Gasteiger partial charge in [0.2, 0.25) is 0 Å². The predicted molar refractivity (Wildman–Crippen MR) is 50.9 cm³/mol. The highest BCUT2D eigenvalue weighted by molar-refractivity contribution is 5.57. The van der Waals surface area contributed by atoms with Crippen molar-refractivity contribution in [2.24, 2.45) is 5.73 Å². The minimum atomic E-state index is 0.438. The first-order valence-electron chi connectivity index (χ1n) is 3.87. The molecule has 0 fully saturated rings. The van der Waals surface area contributed by atoms with E-state index in [0.29, 0.717) is 30.2 Å². The molecule has 0 spiro atoms. The summed E-state index contributed by atoms with van der Waals surface area (Å²) in [5.41, 5.74) is 11.7. The molecule has 5 nitrogen and oxygen atoms in total. The SMILES string of the molecule is N#Cc1cc(N)cnc1NCCN. The Labute approximate surface area is 76.4 Å². The van der Waals surface area contributed by atoms with E-state index in [1.807, 2.05) is 6.07 Å². The maximum absolute atomic E-state index is 8.73. The maximum Gasteiger partial charge on any atom is 0.144 e. The highest BCUT2D eigenvalue weighted by Crippen LogP contribution is 2.13. The number of anilines is 2. The zero-order chi connectivity index (χ0) is 9.68. The lowest BCUT2D eigenvalue weighted by atomic mass is 10.2. The summed E-state index contributed by atoms with van der Waals surface area (Å²) in [6, 6.07) is 3.57. The number of rotatable bonds is 3. The number of nitrogen functional groups attached to an aromatic ring is 1. The molecule has 1 aromatic heterocycles. The van der Waals surface area contributed by atoms with Crippen molar-refractivity contribution in [3.63, 3.8) is 0 Å². The zero-order valence-electron chi connectivity index (χ0n) is 7.12. The van der Waals surface area contributed by atoms with Crippen LogP contribution in [0.25, 0.3) is 0 Å². The van der Waals surface area contributed by atoms with E-state index in [1.54, 1.807) is 6.07 Å². The molecule has 13 heavy (non-hydrogen) atoms. The van der Waals surface area contributed by atoms with Crippen LogP contribution in [0.15, 0.2) is 12.3 Å². The summed E-state index contributed by atoms with van der Waals surface area (Å²) >= 11 is 0. The summed E-state index contributed by atoms with van der Waals surface area (Å²) < 4.78 is 0. The summed E-state index contributed by atoms with van der Waals surface area (Å²) in [4.78, 5) is 3.97. The van der Waals surface area contributed by atoms with Gasteiger partial charge in [-0.15, -0.1) is 0 Å². The number of aromatic nitrogens is 1. The van der Waals surface area contributed by atoms with Gasteiger partial charge in [0.05, 0.1) is 17.4 Å². The molecule has 0 aliphatic rings. The average molecular weight is 177 g/mol. The minimum Gasteiger partial charge on any atom is -0.397 e. The number of pyridine rings is 1. The van der Waals surface area contributed by atoms with Gasteiger partial charge in [0, 0.05) is 13.1 Å². The Bertz CT molecular complexity index is 328. The third-order valence-corrected chi connectivity index (χ3v) is 1.47. The van der Waals surface area contributed by atoms with E-state index < -0.39 is 0 Å². The van der Waals surface area contributed by atoms with Crippen molar-refractivity contribution >= 4 is 11.5 Å².